The number of nitrogens with one attached hydrogen (secondary N) is 1. The van der Waals surface area contributed by atoms with Crippen molar-refractivity contribution in [3.05, 3.63) is 34.9 Å². The molecule has 0 amide bonds. The zero-order chi connectivity index (χ0) is 15.9. The number of benzene rings is 1. The third kappa shape index (κ3) is 9.13. The van der Waals surface area contributed by atoms with Crippen LogP contribution in [0.4, 0.5) is 0 Å². The summed E-state index contributed by atoms with van der Waals surface area (Å²) in [6, 6.07) is 8.17. The lowest BCUT2D eigenvalue weighted by molar-refractivity contribution is 0.0677. The summed E-state index contributed by atoms with van der Waals surface area (Å²) in [4.78, 5) is 0. The van der Waals surface area contributed by atoms with Crippen molar-refractivity contribution in [2.75, 3.05) is 13.2 Å². The van der Waals surface area contributed by atoms with E-state index in [1.165, 1.54) is 5.56 Å². The number of hydrogen-bond donors (Lipinski definition) is 1. The van der Waals surface area contributed by atoms with E-state index in [2.05, 4.69) is 52.1 Å². The lowest BCUT2D eigenvalue weighted by atomic mass is 9.95. The molecule has 1 unspecified atom stereocenters. The van der Waals surface area contributed by atoms with Crippen LogP contribution in [0.1, 0.15) is 46.6 Å². The number of ether oxygens (including phenoxy) is 1. The van der Waals surface area contributed by atoms with Gasteiger partial charge in [-0.3, -0.25) is 0 Å². The van der Waals surface area contributed by atoms with Crippen molar-refractivity contribution in [1.82, 2.24) is 5.32 Å². The third-order valence-corrected chi connectivity index (χ3v) is 3.55. The second kappa shape index (κ2) is 8.77. The third-order valence-electron chi connectivity index (χ3n) is 3.31. The van der Waals surface area contributed by atoms with Gasteiger partial charge in [-0.05, 0) is 77.6 Å². The lowest BCUT2D eigenvalue weighted by Crippen LogP contribution is -2.39. The molecular formula is C18H30ClNO. The van der Waals surface area contributed by atoms with Crippen LogP contribution in [0.25, 0.3) is 0 Å². The Hall–Kier alpha value is -0.570. The van der Waals surface area contributed by atoms with Gasteiger partial charge in [0.2, 0.25) is 0 Å². The molecule has 1 rings (SSSR count). The fourth-order valence-electron chi connectivity index (χ4n) is 2.19. The molecule has 0 aliphatic carbocycles. The molecule has 0 saturated heterocycles. The van der Waals surface area contributed by atoms with E-state index in [1.807, 2.05) is 12.1 Å². The molecule has 0 aliphatic rings. The maximum absolute atomic E-state index is 6.08. The summed E-state index contributed by atoms with van der Waals surface area (Å²) in [6.45, 7) is 12.6. The quantitative estimate of drug-likeness (QED) is 0.751. The van der Waals surface area contributed by atoms with E-state index in [4.69, 9.17) is 16.3 Å². The van der Waals surface area contributed by atoms with E-state index in [0.29, 0.717) is 12.0 Å². The first-order chi connectivity index (χ1) is 9.76. The molecular weight excluding hydrogens is 282 g/mol. The smallest absolute Gasteiger partial charge is 0.0518 e. The highest BCUT2D eigenvalue weighted by Gasteiger charge is 2.15. The molecule has 0 fully saturated rings. The molecule has 0 aliphatic heterocycles. The van der Waals surface area contributed by atoms with Gasteiger partial charge in [0.25, 0.3) is 0 Å². The maximum Gasteiger partial charge on any atom is 0.0518 e. The molecule has 120 valence electrons. The molecule has 1 aromatic carbocycles. The summed E-state index contributed by atoms with van der Waals surface area (Å²) >= 11 is 6.08. The molecule has 1 aromatic rings. The molecule has 2 nitrogen and oxygen atoms in total. The predicted molar refractivity (Wildman–Crippen MR) is 92.1 cm³/mol. The Morgan fingerprint density at radius 1 is 1.24 bits per heavy atom. The van der Waals surface area contributed by atoms with Crippen LogP contribution in [0.15, 0.2) is 24.3 Å². The molecule has 0 spiro atoms. The van der Waals surface area contributed by atoms with Crippen LogP contribution >= 0.6 is 11.6 Å². The van der Waals surface area contributed by atoms with Crippen molar-refractivity contribution >= 4 is 11.6 Å². The predicted octanol–water partition coefficient (Wildman–Crippen LogP) is 4.70. The Kier molecular flexibility index (Phi) is 7.72. The molecule has 0 aromatic heterocycles. The van der Waals surface area contributed by atoms with Gasteiger partial charge in [0, 0.05) is 17.2 Å². The first-order valence-corrected chi connectivity index (χ1v) is 8.25. The van der Waals surface area contributed by atoms with E-state index >= 15 is 0 Å². The highest BCUT2D eigenvalue weighted by atomic mass is 35.5. The van der Waals surface area contributed by atoms with Gasteiger partial charge in [-0.1, -0.05) is 23.7 Å². The van der Waals surface area contributed by atoms with Crippen molar-refractivity contribution in [2.45, 2.75) is 59.1 Å². The Morgan fingerprint density at radius 2 is 1.95 bits per heavy atom. The molecule has 1 atom stereocenters. The molecule has 1 N–H and O–H groups in total. The van der Waals surface area contributed by atoms with Crippen LogP contribution in [0, 0.1) is 5.92 Å². The normalized spacial score (nSPS) is 13.7. The van der Waals surface area contributed by atoms with E-state index in [0.717, 1.165) is 31.0 Å². The summed E-state index contributed by atoms with van der Waals surface area (Å²) in [5, 5.41) is 4.42. The van der Waals surface area contributed by atoms with Gasteiger partial charge >= 0.3 is 0 Å². The largest absolute Gasteiger partial charge is 0.379 e. The minimum absolute atomic E-state index is 0.144. The number of hydrogen-bond acceptors (Lipinski definition) is 2. The second-order valence-corrected chi connectivity index (χ2v) is 7.48. The van der Waals surface area contributed by atoms with Crippen molar-refractivity contribution in [3.8, 4) is 0 Å². The van der Waals surface area contributed by atoms with Gasteiger partial charge in [-0.15, -0.1) is 0 Å². The molecule has 0 saturated carbocycles. The monoisotopic (exact) mass is 311 g/mol. The average Bonchev–Trinajstić information content (AvgIpc) is 2.34. The summed E-state index contributed by atoms with van der Waals surface area (Å²) in [5.74, 6) is 0.557. The van der Waals surface area contributed by atoms with Crippen LogP contribution in [0.2, 0.25) is 5.02 Å². The van der Waals surface area contributed by atoms with Gasteiger partial charge in [0.15, 0.2) is 0 Å². The van der Waals surface area contributed by atoms with Crippen LogP contribution in [-0.4, -0.2) is 24.8 Å². The average molecular weight is 312 g/mol. The summed E-state index contributed by atoms with van der Waals surface area (Å²) < 4.78 is 5.71. The van der Waals surface area contributed by atoms with Gasteiger partial charge < -0.3 is 10.1 Å². The minimum Gasteiger partial charge on any atom is -0.379 e. The van der Waals surface area contributed by atoms with Crippen molar-refractivity contribution in [2.24, 2.45) is 5.92 Å². The standard InChI is InChI=1S/C18H30ClNO/c1-14(2)21-10-9-16(13-20-18(3,4)5)11-15-7-6-8-17(19)12-15/h6-8,12,14,16,20H,9-11,13H2,1-5H3. The lowest BCUT2D eigenvalue weighted by Gasteiger charge is -2.26. The maximum atomic E-state index is 6.08. The van der Waals surface area contributed by atoms with E-state index in [1.54, 1.807) is 0 Å². The molecule has 0 heterocycles. The van der Waals surface area contributed by atoms with E-state index in [-0.39, 0.29) is 5.54 Å². The van der Waals surface area contributed by atoms with Crippen molar-refractivity contribution in [3.63, 3.8) is 0 Å². The summed E-state index contributed by atoms with van der Waals surface area (Å²) in [5.41, 5.74) is 1.44. The minimum atomic E-state index is 0.144. The number of halogens is 1. The summed E-state index contributed by atoms with van der Waals surface area (Å²) in [7, 11) is 0. The molecule has 0 radical (unpaired) electrons. The first kappa shape index (κ1) is 18.5. The topological polar surface area (TPSA) is 21.3 Å². The van der Waals surface area contributed by atoms with Crippen molar-refractivity contribution in [1.29, 1.82) is 0 Å². The van der Waals surface area contributed by atoms with Crippen molar-refractivity contribution < 1.29 is 4.74 Å². The van der Waals surface area contributed by atoms with Gasteiger partial charge in [0.1, 0.15) is 0 Å². The van der Waals surface area contributed by atoms with Gasteiger partial charge in [0.05, 0.1) is 6.10 Å². The highest BCUT2D eigenvalue weighted by Crippen LogP contribution is 2.17. The fraction of sp³-hybridized carbons (Fsp3) is 0.667. The Labute approximate surface area is 135 Å². The van der Waals surface area contributed by atoms with Crippen LogP contribution in [0.5, 0.6) is 0 Å². The van der Waals surface area contributed by atoms with Crippen LogP contribution in [-0.2, 0) is 11.2 Å². The van der Waals surface area contributed by atoms with Gasteiger partial charge in [-0.2, -0.15) is 0 Å². The SMILES string of the molecule is CC(C)OCCC(CNC(C)(C)C)Cc1cccc(Cl)c1. The zero-order valence-corrected chi connectivity index (χ0v) is 14.8. The second-order valence-electron chi connectivity index (χ2n) is 7.04. The molecule has 3 heteroatoms. The number of rotatable bonds is 8. The van der Waals surface area contributed by atoms with E-state index in [9.17, 15) is 0 Å². The van der Waals surface area contributed by atoms with Crippen LogP contribution < -0.4 is 5.32 Å². The molecule has 21 heavy (non-hydrogen) atoms. The van der Waals surface area contributed by atoms with Crippen LogP contribution in [0.3, 0.4) is 0 Å². The Bertz CT molecular complexity index is 412. The Morgan fingerprint density at radius 3 is 2.52 bits per heavy atom. The molecule has 0 bridgehead atoms. The fourth-order valence-corrected chi connectivity index (χ4v) is 2.41. The van der Waals surface area contributed by atoms with Gasteiger partial charge in [-0.25, -0.2) is 0 Å². The Balaban J connectivity index is 2.57. The highest BCUT2D eigenvalue weighted by molar-refractivity contribution is 6.30. The first-order valence-electron chi connectivity index (χ1n) is 7.87. The summed E-state index contributed by atoms with van der Waals surface area (Å²) in [6.07, 6.45) is 2.39. The zero-order valence-electron chi connectivity index (χ0n) is 14.1. The van der Waals surface area contributed by atoms with E-state index < -0.39 is 0 Å².